The second kappa shape index (κ2) is 9.13. The summed E-state index contributed by atoms with van der Waals surface area (Å²) in [4.78, 5) is 24.4. The Morgan fingerprint density at radius 2 is 1.73 bits per heavy atom. The van der Waals surface area contributed by atoms with Crippen LogP contribution in [0.2, 0.25) is 0 Å². The van der Waals surface area contributed by atoms with E-state index in [9.17, 15) is 14.7 Å². The van der Waals surface area contributed by atoms with Crippen molar-refractivity contribution in [1.82, 2.24) is 5.32 Å². The van der Waals surface area contributed by atoms with Gasteiger partial charge in [0.1, 0.15) is 12.6 Å². The largest absolute Gasteiger partial charge is 0.480 e. The number of carboxylic acids is 1. The molecule has 158 valence electrons. The molecule has 6 nitrogen and oxygen atoms in total. The fourth-order valence-electron chi connectivity index (χ4n) is 4.21. The van der Waals surface area contributed by atoms with Gasteiger partial charge >= 0.3 is 12.1 Å². The summed E-state index contributed by atoms with van der Waals surface area (Å²) in [6.45, 7) is 5.70. The first kappa shape index (κ1) is 21.6. The van der Waals surface area contributed by atoms with Gasteiger partial charge in [-0.05, 0) is 28.7 Å². The molecule has 1 amide bonds. The van der Waals surface area contributed by atoms with Gasteiger partial charge in [0, 0.05) is 18.4 Å². The number of carbonyl (C=O) groups is 2. The maximum Gasteiger partial charge on any atom is 0.407 e. The van der Waals surface area contributed by atoms with E-state index >= 15 is 0 Å². The fourth-order valence-corrected chi connectivity index (χ4v) is 4.21. The highest BCUT2D eigenvalue weighted by Gasteiger charge is 2.40. The summed E-state index contributed by atoms with van der Waals surface area (Å²) >= 11 is 0. The topological polar surface area (TPSA) is 84.9 Å². The first-order valence-electron chi connectivity index (χ1n) is 9.85. The Labute approximate surface area is 176 Å². The lowest BCUT2D eigenvalue weighted by molar-refractivity contribution is -0.144. The van der Waals surface area contributed by atoms with Crippen molar-refractivity contribution >= 4 is 12.1 Å². The highest BCUT2D eigenvalue weighted by Crippen LogP contribution is 2.44. The number of hydrogen-bond donors (Lipinski definition) is 2. The third-order valence-electron chi connectivity index (χ3n) is 5.63. The lowest BCUT2D eigenvalue weighted by Gasteiger charge is -2.34. The van der Waals surface area contributed by atoms with Crippen LogP contribution in [0.25, 0.3) is 11.1 Å². The van der Waals surface area contributed by atoms with Crippen LogP contribution in [0.3, 0.4) is 0 Å². The third kappa shape index (κ3) is 4.24. The molecule has 2 aromatic rings. The molecule has 0 saturated heterocycles. The molecule has 0 spiro atoms. The molecule has 2 N–H and O–H groups in total. The van der Waals surface area contributed by atoms with Gasteiger partial charge in [-0.15, -0.1) is 6.58 Å². The average molecular weight is 409 g/mol. The van der Waals surface area contributed by atoms with Crippen molar-refractivity contribution in [3.8, 4) is 11.1 Å². The van der Waals surface area contributed by atoms with Crippen LogP contribution in [0.4, 0.5) is 4.79 Å². The number of aliphatic carboxylic acids is 1. The van der Waals surface area contributed by atoms with E-state index in [0.717, 1.165) is 22.3 Å². The molecule has 0 aromatic heterocycles. The van der Waals surface area contributed by atoms with E-state index in [0.29, 0.717) is 6.42 Å². The van der Waals surface area contributed by atoms with Gasteiger partial charge in [0.2, 0.25) is 0 Å². The van der Waals surface area contributed by atoms with E-state index in [1.165, 1.54) is 7.11 Å². The minimum absolute atomic E-state index is 0.0926. The van der Waals surface area contributed by atoms with E-state index in [4.69, 9.17) is 9.47 Å². The molecule has 0 bridgehead atoms. The molecular weight excluding hydrogens is 382 g/mol. The molecule has 2 aromatic carbocycles. The summed E-state index contributed by atoms with van der Waals surface area (Å²) in [6.07, 6.45) is 1.21. The monoisotopic (exact) mass is 409 g/mol. The number of benzene rings is 2. The third-order valence-corrected chi connectivity index (χ3v) is 5.63. The number of ether oxygens (including phenoxy) is 2. The fraction of sp³-hybridized carbons (Fsp3) is 0.333. The van der Waals surface area contributed by atoms with Crippen molar-refractivity contribution in [3.63, 3.8) is 0 Å². The maximum atomic E-state index is 12.5. The van der Waals surface area contributed by atoms with E-state index < -0.39 is 23.5 Å². The van der Waals surface area contributed by atoms with E-state index in [2.05, 4.69) is 24.0 Å². The lowest BCUT2D eigenvalue weighted by atomic mass is 9.80. The minimum atomic E-state index is -1.17. The molecule has 6 heteroatoms. The van der Waals surface area contributed by atoms with Crippen LogP contribution in [0.1, 0.15) is 30.4 Å². The molecule has 2 atom stereocenters. The number of amides is 1. The van der Waals surface area contributed by atoms with Crippen molar-refractivity contribution < 1.29 is 24.2 Å². The number of alkyl carbamates (subject to hydrolysis) is 1. The van der Waals surface area contributed by atoms with Gasteiger partial charge in [0.15, 0.2) is 0 Å². The SMILES string of the molecule is C=CC[C@](C)(COC)[C@@H](NC(=O)OCC1c2ccccc2-c2ccccc21)C(=O)O. The summed E-state index contributed by atoms with van der Waals surface area (Å²) in [5.41, 5.74) is 3.59. The quantitative estimate of drug-likeness (QED) is 0.606. The summed E-state index contributed by atoms with van der Waals surface area (Å²) < 4.78 is 10.7. The molecule has 1 aliphatic carbocycles. The summed E-state index contributed by atoms with van der Waals surface area (Å²) in [5, 5.41) is 12.2. The van der Waals surface area contributed by atoms with Gasteiger partial charge in [-0.2, -0.15) is 0 Å². The Morgan fingerprint density at radius 1 is 1.17 bits per heavy atom. The van der Waals surface area contributed by atoms with Crippen molar-refractivity contribution in [2.24, 2.45) is 5.41 Å². The standard InChI is InChI=1S/C24H27NO5/c1-4-13-24(2,15-29-3)21(22(26)27)25-23(28)30-14-20-18-11-7-5-9-16(18)17-10-6-8-12-19(17)20/h4-12,20-21H,1,13-15H2,2-3H3,(H,25,28)(H,26,27)/t21-,24+/m0/s1. The van der Waals surface area contributed by atoms with Crippen molar-refractivity contribution in [2.75, 3.05) is 20.3 Å². The van der Waals surface area contributed by atoms with Gasteiger partial charge in [0.05, 0.1) is 6.61 Å². The molecule has 3 rings (SSSR count). The van der Waals surface area contributed by atoms with Crippen LogP contribution in [0, 0.1) is 5.41 Å². The Bertz CT molecular complexity index is 895. The van der Waals surface area contributed by atoms with Crippen LogP contribution in [-0.2, 0) is 14.3 Å². The first-order chi connectivity index (χ1) is 14.4. The predicted molar refractivity (Wildman–Crippen MR) is 114 cm³/mol. The number of nitrogens with one attached hydrogen (secondary N) is 1. The Balaban J connectivity index is 1.73. The molecule has 30 heavy (non-hydrogen) atoms. The van der Waals surface area contributed by atoms with Gasteiger partial charge < -0.3 is 19.9 Å². The van der Waals surface area contributed by atoms with Crippen LogP contribution in [-0.4, -0.2) is 43.5 Å². The van der Waals surface area contributed by atoms with Gasteiger partial charge in [0.25, 0.3) is 0 Å². The maximum absolute atomic E-state index is 12.5. The minimum Gasteiger partial charge on any atom is -0.480 e. The molecular formula is C24H27NO5. The summed E-state index contributed by atoms with van der Waals surface area (Å²) in [6, 6.07) is 14.9. The normalized spacial score (nSPS) is 15.4. The summed E-state index contributed by atoms with van der Waals surface area (Å²) in [5.74, 6) is -1.24. The summed E-state index contributed by atoms with van der Waals surface area (Å²) in [7, 11) is 1.49. The Hall–Kier alpha value is -3.12. The lowest BCUT2D eigenvalue weighted by Crippen LogP contribution is -2.53. The van der Waals surface area contributed by atoms with Crippen LogP contribution in [0.15, 0.2) is 61.2 Å². The number of hydrogen-bond acceptors (Lipinski definition) is 4. The average Bonchev–Trinajstić information content (AvgIpc) is 3.04. The van der Waals surface area contributed by atoms with E-state index in [1.54, 1.807) is 13.0 Å². The van der Waals surface area contributed by atoms with Crippen molar-refractivity contribution in [3.05, 3.63) is 72.3 Å². The van der Waals surface area contributed by atoms with Crippen LogP contribution >= 0.6 is 0 Å². The molecule has 1 aliphatic rings. The molecule has 0 aliphatic heterocycles. The number of carboxylic acid groups (broad SMARTS) is 1. The number of carbonyl (C=O) groups excluding carboxylic acids is 1. The van der Waals surface area contributed by atoms with Crippen molar-refractivity contribution in [2.45, 2.75) is 25.3 Å². The Kier molecular flexibility index (Phi) is 6.57. The molecule has 0 heterocycles. The van der Waals surface area contributed by atoms with Crippen molar-refractivity contribution in [1.29, 1.82) is 0 Å². The number of methoxy groups -OCH3 is 1. The number of rotatable bonds is 9. The second-order valence-electron chi connectivity index (χ2n) is 7.82. The van der Waals surface area contributed by atoms with E-state index in [1.807, 2.05) is 36.4 Å². The molecule has 0 unspecified atom stereocenters. The van der Waals surface area contributed by atoms with Gasteiger partial charge in [-0.25, -0.2) is 9.59 Å². The molecule has 0 radical (unpaired) electrons. The molecule has 0 fully saturated rings. The number of allylic oxidation sites excluding steroid dienone is 1. The predicted octanol–water partition coefficient (Wildman–Crippen LogP) is 4.21. The highest BCUT2D eigenvalue weighted by molar-refractivity contribution is 5.81. The van der Waals surface area contributed by atoms with E-state index in [-0.39, 0.29) is 19.1 Å². The second-order valence-corrected chi connectivity index (χ2v) is 7.82. The zero-order valence-corrected chi connectivity index (χ0v) is 17.3. The zero-order chi connectivity index (χ0) is 21.7. The van der Waals surface area contributed by atoms with Gasteiger partial charge in [-0.1, -0.05) is 61.5 Å². The van der Waals surface area contributed by atoms with Crippen LogP contribution in [0.5, 0.6) is 0 Å². The number of fused-ring (bicyclic) bond motifs is 3. The first-order valence-corrected chi connectivity index (χ1v) is 9.85. The Morgan fingerprint density at radius 3 is 2.23 bits per heavy atom. The molecule has 0 saturated carbocycles. The highest BCUT2D eigenvalue weighted by atomic mass is 16.5. The smallest absolute Gasteiger partial charge is 0.407 e. The van der Waals surface area contributed by atoms with Crippen LogP contribution < -0.4 is 5.32 Å². The zero-order valence-electron chi connectivity index (χ0n) is 17.3. The van der Waals surface area contributed by atoms with Gasteiger partial charge in [-0.3, -0.25) is 0 Å².